The number of carbonyl (C=O) groups excluding carboxylic acids is 1. The quantitative estimate of drug-likeness (QED) is 0.336. The van der Waals surface area contributed by atoms with Gasteiger partial charge >= 0.3 is 0 Å². The van der Waals surface area contributed by atoms with Gasteiger partial charge in [0.05, 0.1) is 5.33 Å². The summed E-state index contributed by atoms with van der Waals surface area (Å²) in [6.45, 7) is 9.24. The van der Waals surface area contributed by atoms with Gasteiger partial charge in [0.15, 0.2) is 5.78 Å². The van der Waals surface area contributed by atoms with Crippen LogP contribution in [0.5, 0.6) is 0 Å². The van der Waals surface area contributed by atoms with E-state index in [0.717, 1.165) is 9.99 Å². The Bertz CT molecular complexity index is 546. The topological polar surface area (TPSA) is 17.1 Å². The summed E-state index contributed by atoms with van der Waals surface area (Å²) in [6.07, 6.45) is 2.39. The molecule has 20 heavy (non-hydrogen) atoms. The molecule has 1 nitrogen and oxygen atoms in total. The van der Waals surface area contributed by atoms with Crippen molar-refractivity contribution in [2.75, 3.05) is 5.33 Å². The standard InChI is InChI=1S/C17H22BrIO/c1-16(2)5-6-17(3,4)14-8-12(15(20)9-18)11(10-19)7-13(14)16/h7-8H,5-6,9-10H2,1-4H3. The molecule has 2 rings (SSSR count). The largest absolute Gasteiger partial charge is 0.293 e. The first kappa shape index (κ1) is 16.5. The lowest BCUT2D eigenvalue weighted by molar-refractivity contribution is 0.102. The van der Waals surface area contributed by atoms with E-state index in [1.807, 2.05) is 0 Å². The molecular formula is C17H22BrIO. The first-order valence-corrected chi connectivity index (χ1v) is 9.70. The Balaban J connectivity index is 2.71. The third-order valence-electron chi connectivity index (χ3n) is 4.64. The smallest absolute Gasteiger partial charge is 0.173 e. The molecule has 0 bridgehead atoms. The van der Waals surface area contributed by atoms with Gasteiger partial charge in [-0.25, -0.2) is 0 Å². The van der Waals surface area contributed by atoms with Gasteiger partial charge in [0.1, 0.15) is 0 Å². The fraction of sp³-hybridized carbons (Fsp3) is 0.588. The number of Topliss-reactive ketones (excluding diaryl/α,β-unsaturated/α-hetero) is 1. The van der Waals surface area contributed by atoms with Crippen LogP contribution in [0.1, 0.15) is 67.6 Å². The molecule has 0 radical (unpaired) electrons. The van der Waals surface area contributed by atoms with Crippen molar-refractivity contribution >= 4 is 44.3 Å². The maximum absolute atomic E-state index is 12.2. The number of hydrogen-bond acceptors (Lipinski definition) is 1. The molecule has 0 saturated heterocycles. The highest BCUT2D eigenvalue weighted by molar-refractivity contribution is 14.1. The summed E-state index contributed by atoms with van der Waals surface area (Å²) in [5.74, 6) is 0.193. The second-order valence-electron chi connectivity index (χ2n) is 7.01. The van der Waals surface area contributed by atoms with Gasteiger partial charge in [-0.3, -0.25) is 4.79 Å². The summed E-state index contributed by atoms with van der Waals surface area (Å²) in [7, 11) is 0. The number of carbonyl (C=O) groups is 1. The van der Waals surface area contributed by atoms with Gasteiger partial charge in [-0.2, -0.15) is 0 Å². The average molecular weight is 449 g/mol. The van der Waals surface area contributed by atoms with Crippen LogP contribution in [0.25, 0.3) is 0 Å². The average Bonchev–Trinajstić information content (AvgIpc) is 2.42. The molecule has 0 amide bonds. The van der Waals surface area contributed by atoms with E-state index in [2.05, 4.69) is 78.3 Å². The molecule has 1 aromatic carbocycles. The van der Waals surface area contributed by atoms with E-state index >= 15 is 0 Å². The predicted molar refractivity (Wildman–Crippen MR) is 97.6 cm³/mol. The monoisotopic (exact) mass is 448 g/mol. The first-order valence-electron chi connectivity index (χ1n) is 7.06. The number of rotatable bonds is 3. The lowest BCUT2D eigenvalue weighted by atomic mass is 9.62. The van der Waals surface area contributed by atoms with Crippen LogP contribution in [0.2, 0.25) is 0 Å². The van der Waals surface area contributed by atoms with Crippen molar-refractivity contribution in [3.63, 3.8) is 0 Å². The summed E-state index contributed by atoms with van der Waals surface area (Å²) in [5.41, 5.74) is 5.26. The van der Waals surface area contributed by atoms with Crippen molar-refractivity contribution in [1.29, 1.82) is 0 Å². The minimum Gasteiger partial charge on any atom is -0.293 e. The van der Waals surface area contributed by atoms with Gasteiger partial charge in [-0.1, -0.05) is 72.3 Å². The number of alkyl halides is 2. The van der Waals surface area contributed by atoms with Crippen LogP contribution in [-0.4, -0.2) is 11.1 Å². The van der Waals surface area contributed by atoms with Crippen LogP contribution in [0.4, 0.5) is 0 Å². The molecule has 0 saturated carbocycles. The minimum absolute atomic E-state index is 0.163. The minimum atomic E-state index is 0.163. The van der Waals surface area contributed by atoms with Crippen molar-refractivity contribution in [2.24, 2.45) is 0 Å². The Hall–Kier alpha value is 0.100. The maximum Gasteiger partial charge on any atom is 0.173 e. The van der Waals surface area contributed by atoms with E-state index in [9.17, 15) is 4.79 Å². The number of benzene rings is 1. The second kappa shape index (κ2) is 5.71. The van der Waals surface area contributed by atoms with Gasteiger partial charge < -0.3 is 0 Å². The van der Waals surface area contributed by atoms with Gasteiger partial charge in [0.25, 0.3) is 0 Å². The molecule has 3 heteroatoms. The molecule has 0 aliphatic heterocycles. The molecular weight excluding hydrogens is 427 g/mol. The Kier molecular flexibility index (Phi) is 4.70. The second-order valence-corrected chi connectivity index (χ2v) is 8.34. The lowest BCUT2D eigenvalue weighted by Crippen LogP contribution is -2.34. The summed E-state index contributed by atoms with van der Waals surface area (Å²) < 4.78 is 0.885. The van der Waals surface area contributed by atoms with E-state index in [1.54, 1.807) is 0 Å². The van der Waals surface area contributed by atoms with Crippen molar-refractivity contribution in [2.45, 2.75) is 55.8 Å². The highest BCUT2D eigenvalue weighted by atomic mass is 127. The molecule has 0 unspecified atom stereocenters. The van der Waals surface area contributed by atoms with Crippen LogP contribution in [0.15, 0.2) is 12.1 Å². The van der Waals surface area contributed by atoms with Crippen molar-refractivity contribution in [1.82, 2.24) is 0 Å². The molecule has 0 fully saturated rings. The summed E-state index contributed by atoms with van der Waals surface area (Å²) in [6, 6.07) is 4.46. The highest BCUT2D eigenvalue weighted by Gasteiger charge is 2.37. The molecule has 1 aromatic rings. The third-order valence-corrected chi connectivity index (χ3v) is 5.97. The van der Waals surface area contributed by atoms with Crippen molar-refractivity contribution in [3.8, 4) is 0 Å². The Morgan fingerprint density at radius 3 is 2.10 bits per heavy atom. The Labute approximate surface area is 144 Å². The molecule has 1 aliphatic carbocycles. The van der Waals surface area contributed by atoms with Crippen LogP contribution >= 0.6 is 38.5 Å². The van der Waals surface area contributed by atoms with Crippen molar-refractivity contribution < 1.29 is 4.79 Å². The molecule has 0 heterocycles. The lowest BCUT2D eigenvalue weighted by Gasteiger charge is -2.42. The molecule has 0 spiro atoms. The van der Waals surface area contributed by atoms with Gasteiger partial charge in [0.2, 0.25) is 0 Å². The zero-order valence-corrected chi connectivity index (χ0v) is 16.4. The summed E-state index contributed by atoms with van der Waals surface area (Å²) >= 11 is 5.67. The molecule has 0 atom stereocenters. The predicted octanol–water partition coefficient (Wildman–Crippen LogP) is 5.55. The first-order chi connectivity index (χ1) is 9.23. The Morgan fingerprint density at radius 1 is 1.15 bits per heavy atom. The maximum atomic E-state index is 12.2. The zero-order chi connectivity index (χ0) is 15.1. The van der Waals surface area contributed by atoms with E-state index in [-0.39, 0.29) is 16.6 Å². The van der Waals surface area contributed by atoms with Crippen LogP contribution in [-0.2, 0) is 15.3 Å². The highest BCUT2D eigenvalue weighted by Crippen LogP contribution is 2.46. The normalized spacial score (nSPS) is 19.5. The van der Waals surface area contributed by atoms with Crippen LogP contribution in [0, 0.1) is 0 Å². The molecule has 0 N–H and O–H groups in total. The van der Waals surface area contributed by atoms with Gasteiger partial charge in [-0.05, 0) is 46.4 Å². The van der Waals surface area contributed by atoms with Gasteiger partial charge in [-0.15, -0.1) is 0 Å². The van der Waals surface area contributed by atoms with Crippen LogP contribution in [0.3, 0.4) is 0 Å². The number of ketones is 1. The molecule has 0 aromatic heterocycles. The molecule has 110 valence electrons. The molecule has 1 aliphatic rings. The fourth-order valence-corrected chi connectivity index (χ4v) is 4.03. The van der Waals surface area contributed by atoms with E-state index in [1.165, 1.54) is 29.5 Å². The van der Waals surface area contributed by atoms with E-state index in [4.69, 9.17) is 0 Å². The number of halogens is 2. The summed E-state index contributed by atoms with van der Waals surface area (Å²) in [4.78, 5) is 12.2. The number of hydrogen-bond donors (Lipinski definition) is 0. The Morgan fingerprint density at radius 2 is 1.65 bits per heavy atom. The summed E-state index contributed by atoms with van der Waals surface area (Å²) in [5, 5.41) is 0.402. The van der Waals surface area contributed by atoms with Gasteiger partial charge in [0, 0.05) is 9.99 Å². The zero-order valence-electron chi connectivity index (χ0n) is 12.6. The third kappa shape index (κ3) is 2.85. The SMILES string of the molecule is CC1(C)CCC(C)(C)c2cc(C(=O)CBr)c(CI)cc21. The fourth-order valence-electron chi connectivity index (χ4n) is 3.10. The van der Waals surface area contributed by atoms with Crippen molar-refractivity contribution in [3.05, 3.63) is 34.4 Å². The van der Waals surface area contributed by atoms with E-state index < -0.39 is 0 Å². The van der Waals surface area contributed by atoms with Crippen LogP contribution < -0.4 is 0 Å². The van der Waals surface area contributed by atoms with E-state index in [0.29, 0.717) is 5.33 Å². The number of fused-ring (bicyclic) bond motifs is 1.